The van der Waals surface area contributed by atoms with Crippen LogP contribution in [0.3, 0.4) is 0 Å². The van der Waals surface area contributed by atoms with Crippen molar-refractivity contribution < 1.29 is 8.42 Å². The Bertz CT molecular complexity index is 777. The molecule has 0 aromatic heterocycles. The van der Waals surface area contributed by atoms with E-state index < -0.39 is 14.6 Å². The summed E-state index contributed by atoms with van der Waals surface area (Å²) in [5.41, 5.74) is 2.47. The summed E-state index contributed by atoms with van der Waals surface area (Å²) in [6, 6.07) is 8.57. The van der Waals surface area contributed by atoms with E-state index in [9.17, 15) is 8.42 Å². The minimum absolute atomic E-state index is 0. The molecule has 0 unspecified atom stereocenters. The van der Waals surface area contributed by atoms with Crippen LogP contribution < -0.4 is 5.32 Å². The second-order valence-corrected chi connectivity index (χ2v) is 10.7. The Morgan fingerprint density at radius 3 is 2.45 bits per heavy atom. The summed E-state index contributed by atoms with van der Waals surface area (Å²) in [7, 11) is -3.06. The Morgan fingerprint density at radius 1 is 1.21 bits per heavy atom. The first-order valence-electron chi connectivity index (χ1n) is 10.3. The van der Waals surface area contributed by atoms with Gasteiger partial charge in [0, 0.05) is 26.2 Å². The third kappa shape index (κ3) is 7.10. The zero-order valence-corrected chi connectivity index (χ0v) is 21.6. The van der Waals surface area contributed by atoms with Gasteiger partial charge in [0.05, 0.1) is 17.0 Å². The van der Waals surface area contributed by atoms with Gasteiger partial charge in [-0.05, 0) is 45.0 Å². The van der Waals surface area contributed by atoms with Gasteiger partial charge in [0.1, 0.15) is 0 Å². The molecule has 1 heterocycles. The van der Waals surface area contributed by atoms with Gasteiger partial charge in [-0.25, -0.2) is 13.4 Å². The molecule has 1 fully saturated rings. The molecule has 1 aliphatic rings. The maximum atomic E-state index is 12.3. The summed E-state index contributed by atoms with van der Waals surface area (Å²) in [6.45, 7) is 15.3. The first-order valence-corrected chi connectivity index (χ1v) is 11.9. The van der Waals surface area contributed by atoms with Crippen LogP contribution in [-0.2, 0) is 22.9 Å². The first-order chi connectivity index (χ1) is 13.2. The molecule has 2 rings (SSSR count). The molecule has 1 saturated heterocycles. The second kappa shape index (κ2) is 11.5. The van der Waals surface area contributed by atoms with Gasteiger partial charge in [0.2, 0.25) is 0 Å². The monoisotopic (exact) mass is 536 g/mol. The number of rotatable bonds is 7. The summed E-state index contributed by atoms with van der Waals surface area (Å²) >= 11 is 0. The Kier molecular flexibility index (Phi) is 10.4. The molecule has 0 aliphatic carbocycles. The van der Waals surface area contributed by atoms with E-state index in [0.717, 1.165) is 32.1 Å². The number of guanidine groups is 1. The lowest BCUT2D eigenvalue weighted by atomic mass is 10.1. The molecule has 8 heteroatoms. The van der Waals surface area contributed by atoms with Crippen molar-refractivity contribution in [2.75, 3.05) is 38.5 Å². The van der Waals surface area contributed by atoms with Gasteiger partial charge in [0.25, 0.3) is 0 Å². The standard InChI is InChI=1S/C21H36N4O2S.HI/c1-6-22-20(25-12-13-28(26,27)21(4,5)17-25)23-15-18-10-9-11-19(14-18)16-24(7-2)8-3;/h9-11,14H,6-8,12-13,15-17H2,1-5H3,(H,22,23);1H. The fourth-order valence-corrected chi connectivity index (χ4v) is 4.81. The molecule has 1 aromatic carbocycles. The van der Waals surface area contributed by atoms with E-state index in [1.165, 1.54) is 11.1 Å². The molecule has 1 aliphatic heterocycles. The van der Waals surface area contributed by atoms with E-state index in [4.69, 9.17) is 4.99 Å². The molecule has 29 heavy (non-hydrogen) atoms. The van der Waals surface area contributed by atoms with E-state index >= 15 is 0 Å². The van der Waals surface area contributed by atoms with Crippen molar-refractivity contribution in [3.63, 3.8) is 0 Å². The molecule has 1 aromatic rings. The van der Waals surface area contributed by atoms with Gasteiger partial charge in [-0.2, -0.15) is 0 Å². The lowest BCUT2D eigenvalue weighted by Gasteiger charge is -2.39. The summed E-state index contributed by atoms with van der Waals surface area (Å²) in [4.78, 5) is 9.27. The first kappa shape index (κ1) is 26.2. The average Bonchev–Trinajstić information content (AvgIpc) is 2.66. The number of sulfone groups is 1. The maximum Gasteiger partial charge on any atom is 0.194 e. The van der Waals surface area contributed by atoms with E-state index in [-0.39, 0.29) is 29.7 Å². The maximum absolute atomic E-state index is 12.3. The van der Waals surface area contributed by atoms with Gasteiger partial charge in [0.15, 0.2) is 15.8 Å². The Hall–Kier alpha value is -0.870. The molecule has 0 bridgehead atoms. The van der Waals surface area contributed by atoms with Crippen LogP contribution in [-0.4, -0.2) is 67.4 Å². The normalized spacial score (nSPS) is 18.4. The highest BCUT2D eigenvalue weighted by molar-refractivity contribution is 14.0. The van der Waals surface area contributed by atoms with Crippen LogP contribution >= 0.6 is 24.0 Å². The quantitative estimate of drug-likeness (QED) is 0.330. The fraction of sp³-hybridized carbons (Fsp3) is 0.667. The predicted octanol–water partition coefficient (Wildman–Crippen LogP) is 3.12. The second-order valence-electron chi connectivity index (χ2n) is 7.95. The van der Waals surface area contributed by atoms with Crippen molar-refractivity contribution in [3.05, 3.63) is 35.4 Å². The highest BCUT2D eigenvalue weighted by Gasteiger charge is 2.40. The van der Waals surface area contributed by atoms with Crippen molar-refractivity contribution in [2.45, 2.75) is 52.5 Å². The van der Waals surface area contributed by atoms with Gasteiger partial charge in [-0.15, -0.1) is 24.0 Å². The molecule has 0 saturated carbocycles. The highest BCUT2D eigenvalue weighted by Crippen LogP contribution is 2.23. The number of hydrogen-bond donors (Lipinski definition) is 1. The highest BCUT2D eigenvalue weighted by atomic mass is 127. The van der Waals surface area contributed by atoms with Crippen LogP contribution in [0.15, 0.2) is 29.3 Å². The Labute approximate surface area is 194 Å². The lowest BCUT2D eigenvalue weighted by Crippen LogP contribution is -2.57. The van der Waals surface area contributed by atoms with Crippen molar-refractivity contribution in [1.29, 1.82) is 0 Å². The zero-order chi connectivity index (χ0) is 20.8. The third-order valence-electron chi connectivity index (χ3n) is 5.38. The smallest absolute Gasteiger partial charge is 0.194 e. The number of nitrogens with zero attached hydrogens (tertiary/aromatic N) is 3. The largest absolute Gasteiger partial charge is 0.357 e. The van der Waals surface area contributed by atoms with Crippen molar-refractivity contribution in [3.8, 4) is 0 Å². The minimum Gasteiger partial charge on any atom is -0.357 e. The van der Waals surface area contributed by atoms with E-state index in [0.29, 0.717) is 19.6 Å². The van der Waals surface area contributed by atoms with Crippen molar-refractivity contribution >= 4 is 39.8 Å². The predicted molar refractivity (Wildman–Crippen MR) is 133 cm³/mol. The van der Waals surface area contributed by atoms with Gasteiger partial charge >= 0.3 is 0 Å². The molecule has 0 amide bonds. The van der Waals surface area contributed by atoms with Crippen molar-refractivity contribution in [2.24, 2.45) is 4.99 Å². The van der Waals surface area contributed by atoms with Crippen LogP contribution in [0.25, 0.3) is 0 Å². The number of benzene rings is 1. The molecule has 166 valence electrons. The number of hydrogen-bond acceptors (Lipinski definition) is 4. The molecular weight excluding hydrogens is 499 g/mol. The summed E-state index contributed by atoms with van der Waals surface area (Å²) < 4.78 is 23.8. The van der Waals surface area contributed by atoms with Crippen LogP contribution in [0.1, 0.15) is 45.7 Å². The third-order valence-corrected chi connectivity index (χ3v) is 7.91. The van der Waals surface area contributed by atoms with Crippen molar-refractivity contribution in [1.82, 2.24) is 15.1 Å². The number of halogens is 1. The van der Waals surface area contributed by atoms with Crippen LogP contribution in [0.4, 0.5) is 0 Å². The zero-order valence-electron chi connectivity index (χ0n) is 18.4. The van der Waals surface area contributed by atoms with Gasteiger partial charge < -0.3 is 10.2 Å². The summed E-state index contributed by atoms with van der Waals surface area (Å²) in [5, 5.41) is 3.33. The minimum atomic E-state index is -3.06. The van der Waals surface area contributed by atoms with Crippen LogP contribution in [0.2, 0.25) is 0 Å². The molecule has 0 radical (unpaired) electrons. The van der Waals surface area contributed by atoms with E-state index in [1.54, 1.807) is 13.8 Å². The van der Waals surface area contributed by atoms with E-state index in [2.05, 4.69) is 53.2 Å². The average molecular weight is 537 g/mol. The Morgan fingerprint density at radius 2 is 1.86 bits per heavy atom. The SMILES string of the molecule is CCNC(=NCc1cccc(CN(CC)CC)c1)N1CCS(=O)(=O)C(C)(C)C1.I. The lowest BCUT2D eigenvalue weighted by molar-refractivity contribution is 0.296. The molecule has 0 spiro atoms. The molecule has 0 atom stereocenters. The number of aliphatic imine (C=N–C) groups is 1. The van der Waals surface area contributed by atoms with Crippen LogP contribution in [0.5, 0.6) is 0 Å². The molecular formula is C21H37IN4O2S. The summed E-state index contributed by atoms with van der Waals surface area (Å²) in [5.74, 6) is 0.962. The Balaban J connectivity index is 0.00000420. The van der Waals surface area contributed by atoms with Gasteiger partial charge in [-0.3, -0.25) is 4.90 Å². The number of nitrogens with one attached hydrogen (secondary N) is 1. The molecule has 1 N–H and O–H groups in total. The van der Waals surface area contributed by atoms with E-state index in [1.807, 2.05) is 6.92 Å². The van der Waals surface area contributed by atoms with Crippen LogP contribution in [0, 0.1) is 0 Å². The van der Waals surface area contributed by atoms with Gasteiger partial charge in [-0.1, -0.05) is 38.1 Å². The molecule has 6 nitrogen and oxygen atoms in total. The topological polar surface area (TPSA) is 65.0 Å². The summed E-state index contributed by atoms with van der Waals surface area (Å²) in [6.07, 6.45) is 0. The fourth-order valence-electron chi connectivity index (χ4n) is 3.45.